The first-order chi connectivity index (χ1) is 11.0. The van der Waals surface area contributed by atoms with E-state index in [-0.39, 0.29) is 30.1 Å². The van der Waals surface area contributed by atoms with Crippen LogP contribution in [0.2, 0.25) is 0 Å². The topological polar surface area (TPSA) is 55.6 Å². The van der Waals surface area contributed by atoms with Gasteiger partial charge in [0.05, 0.1) is 4.88 Å². The van der Waals surface area contributed by atoms with Gasteiger partial charge in [0.2, 0.25) is 0 Å². The molecule has 1 saturated heterocycles. The molecule has 1 aromatic heterocycles. The largest absolute Gasteiger partial charge is 0.435 e. The van der Waals surface area contributed by atoms with Crippen molar-refractivity contribution in [2.24, 2.45) is 5.73 Å². The Morgan fingerprint density at radius 1 is 1.25 bits per heavy atom. The molecule has 1 atom stereocenters. The van der Waals surface area contributed by atoms with Crippen molar-refractivity contribution >= 4 is 29.7 Å². The Balaban J connectivity index is 0.00000208. The summed E-state index contributed by atoms with van der Waals surface area (Å²) in [6.45, 7) is -1.56. The fraction of sp³-hybridized carbons (Fsp3) is 0.312. The van der Waals surface area contributed by atoms with Gasteiger partial charge in [-0.15, -0.1) is 23.7 Å². The maximum absolute atomic E-state index is 12.4. The van der Waals surface area contributed by atoms with Gasteiger partial charge in [-0.3, -0.25) is 4.79 Å². The van der Waals surface area contributed by atoms with Crippen molar-refractivity contribution in [2.45, 2.75) is 19.1 Å². The number of hydrogen-bond acceptors (Lipinski definition) is 4. The zero-order valence-electron chi connectivity index (χ0n) is 12.7. The molecule has 2 N–H and O–H groups in total. The van der Waals surface area contributed by atoms with E-state index in [1.165, 1.54) is 23.5 Å². The third-order valence-corrected chi connectivity index (χ3v) is 4.82. The quantitative estimate of drug-likeness (QED) is 0.889. The van der Waals surface area contributed by atoms with Crippen molar-refractivity contribution in [1.82, 2.24) is 4.90 Å². The number of nitrogens with two attached hydrogens (primary N) is 1. The Hall–Kier alpha value is -1.70. The second-order valence-electron chi connectivity index (χ2n) is 5.37. The number of thiophene rings is 1. The first-order valence-corrected chi connectivity index (χ1v) is 8.04. The minimum Gasteiger partial charge on any atom is -0.435 e. The van der Waals surface area contributed by atoms with E-state index in [1.54, 1.807) is 23.1 Å². The van der Waals surface area contributed by atoms with Gasteiger partial charge in [0.15, 0.2) is 0 Å². The lowest BCUT2D eigenvalue weighted by molar-refractivity contribution is -0.0498. The average molecular weight is 375 g/mol. The highest BCUT2D eigenvalue weighted by Gasteiger charge is 2.25. The number of ether oxygens (including phenoxy) is 1. The highest BCUT2D eigenvalue weighted by atomic mass is 35.5. The predicted molar refractivity (Wildman–Crippen MR) is 92.1 cm³/mol. The molecule has 0 spiro atoms. The molecule has 1 fully saturated rings. The van der Waals surface area contributed by atoms with E-state index in [0.717, 1.165) is 16.9 Å². The summed E-state index contributed by atoms with van der Waals surface area (Å²) in [5.41, 5.74) is 6.69. The minimum atomic E-state index is -2.83. The first-order valence-electron chi connectivity index (χ1n) is 7.23. The molecule has 1 aromatic carbocycles. The van der Waals surface area contributed by atoms with Gasteiger partial charge in [-0.05, 0) is 48.4 Å². The van der Waals surface area contributed by atoms with Crippen LogP contribution in [-0.2, 0) is 0 Å². The van der Waals surface area contributed by atoms with Gasteiger partial charge in [0.25, 0.3) is 5.91 Å². The molecule has 130 valence electrons. The van der Waals surface area contributed by atoms with E-state index in [2.05, 4.69) is 4.74 Å². The lowest BCUT2D eigenvalue weighted by Crippen LogP contribution is -2.31. The Kier molecular flexibility index (Phi) is 6.15. The highest BCUT2D eigenvalue weighted by Crippen LogP contribution is 2.30. The maximum atomic E-state index is 12.4. The SMILES string of the molecule is Cl.N[C@@H]1CCN(C(=O)c2ccc(-c3ccc(OC(F)F)cc3)s2)C1. The third kappa shape index (κ3) is 4.23. The van der Waals surface area contributed by atoms with Crippen LogP contribution in [0.25, 0.3) is 10.4 Å². The van der Waals surface area contributed by atoms with Crippen molar-refractivity contribution < 1.29 is 18.3 Å². The summed E-state index contributed by atoms with van der Waals surface area (Å²) in [4.78, 5) is 15.7. The van der Waals surface area contributed by atoms with E-state index < -0.39 is 6.61 Å². The van der Waals surface area contributed by atoms with Crippen LogP contribution in [0.1, 0.15) is 16.1 Å². The molecule has 2 heterocycles. The van der Waals surface area contributed by atoms with Gasteiger partial charge in [0.1, 0.15) is 5.75 Å². The molecule has 4 nitrogen and oxygen atoms in total. The van der Waals surface area contributed by atoms with Crippen LogP contribution in [0, 0.1) is 0 Å². The average Bonchev–Trinajstić information content (AvgIpc) is 3.16. The Morgan fingerprint density at radius 2 is 1.96 bits per heavy atom. The number of benzene rings is 1. The van der Waals surface area contributed by atoms with Gasteiger partial charge in [0, 0.05) is 24.0 Å². The van der Waals surface area contributed by atoms with Crippen LogP contribution < -0.4 is 10.5 Å². The molecule has 0 bridgehead atoms. The fourth-order valence-corrected chi connectivity index (χ4v) is 3.52. The standard InChI is InChI=1S/C16H16F2N2O2S.ClH/c17-16(18)22-12-3-1-10(2-4-12)13-5-6-14(23-13)15(21)20-8-7-11(19)9-20;/h1-6,11,16H,7-9,19H2;1H/t11-;/m1./s1. The van der Waals surface area contributed by atoms with Crippen LogP contribution in [0.15, 0.2) is 36.4 Å². The summed E-state index contributed by atoms with van der Waals surface area (Å²) >= 11 is 1.38. The molecule has 0 radical (unpaired) electrons. The molecule has 1 aliphatic rings. The third-order valence-electron chi connectivity index (χ3n) is 3.69. The minimum absolute atomic E-state index is 0. The predicted octanol–water partition coefficient (Wildman–Crippen LogP) is 3.61. The van der Waals surface area contributed by atoms with Crippen LogP contribution in [0.3, 0.4) is 0 Å². The summed E-state index contributed by atoms with van der Waals surface area (Å²) in [6, 6.07) is 10.1. The molecule has 1 amide bonds. The van der Waals surface area contributed by atoms with E-state index in [9.17, 15) is 13.6 Å². The lowest BCUT2D eigenvalue weighted by atomic mass is 10.2. The zero-order chi connectivity index (χ0) is 16.4. The number of carbonyl (C=O) groups is 1. The number of likely N-dealkylation sites (tertiary alicyclic amines) is 1. The summed E-state index contributed by atoms with van der Waals surface area (Å²) in [5.74, 6) is 0.106. The Bertz CT molecular complexity index is 694. The molecule has 0 saturated carbocycles. The molecular weight excluding hydrogens is 358 g/mol. The second-order valence-corrected chi connectivity index (χ2v) is 6.45. The van der Waals surface area contributed by atoms with Crippen molar-refractivity contribution in [1.29, 1.82) is 0 Å². The van der Waals surface area contributed by atoms with Crippen LogP contribution in [0.4, 0.5) is 8.78 Å². The normalized spacial score (nSPS) is 17.0. The second kappa shape index (κ2) is 7.92. The van der Waals surface area contributed by atoms with E-state index in [0.29, 0.717) is 18.0 Å². The Morgan fingerprint density at radius 3 is 2.54 bits per heavy atom. The van der Waals surface area contributed by atoms with Gasteiger partial charge < -0.3 is 15.4 Å². The number of rotatable bonds is 4. The summed E-state index contributed by atoms with van der Waals surface area (Å²) in [7, 11) is 0. The van der Waals surface area contributed by atoms with Crippen LogP contribution in [-0.4, -0.2) is 36.5 Å². The molecule has 24 heavy (non-hydrogen) atoms. The maximum Gasteiger partial charge on any atom is 0.387 e. The fourth-order valence-electron chi connectivity index (χ4n) is 2.54. The zero-order valence-corrected chi connectivity index (χ0v) is 14.3. The van der Waals surface area contributed by atoms with Crippen molar-refractivity contribution in [3.8, 4) is 16.2 Å². The number of nitrogens with zero attached hydrogens (tertiary/aromatic N) is 1. The first kappa shape index (κ1) is 18.6. The smallest absolute Gasteiger partial charge is 0.387 e. The molecule has 1 aliphatic heterocycles. The number of carbonyl (C=O) groups excluding carboxylic acids is 1. The van der Waals surface area contributed by atoms with Gasteiger partial charge in [-0.25, -0.2) is 0 Å². The number of amides is 1. The van der Waals surface area contributed by atoms with E-state index in [4.69, 9.17) is 5.73 Å². The lowest BCUT2D eigenvalue weighted by Gasteiger charge is -2.14. The highest BCUT2D eigenvalue weighted by molar-refractivity contribution is 7.17. The van der Waals surface area contributed by atoms with Crippen LogP contribution in [0.5, 0.6) is 5.75 Å². The number of hydrogen-bond donors (Lipinski definition) is 1. The summed E-state index contributed by atoms with van der Waals surface area (Å²) < 4.78 is 28.6. The van der Waals surface area contributed by atoms with Crippen molar-refractivity contribution in [2.75, 3.05) is 13.1 Å². The number of halogens is 3. The van der Waals surface area contributed by atoms with Crippen molar-refractivity contribution in [3.63, 3.8) is 0 Å². The van der Waals surface area contributed by atoms with Gasteiger partial charge in [-0.2, -0.15) is 8.78 Å². The van der Waals surface area contributed by atoms with Gasteiger partial charge in [-0.1, -0.05) is 0 Å². The van der Waals surface area contributed by atoms with E-state index in [1.807, 2.05) is 6.07 Å². The molecule has 0 unspecified atom stereocenters. The summed E-state index contributed by atoms with van der Waals surface area (Å²) in [6.07, 6.45) is 0.829. The molecule has 8 heteroatoms. The summed E-state index contributed by atoms with van der Waals surface area (Å²) in [5, 5.41) is 0. The van der Waals surface area contributed by atoms with E-state index >= 15 is 0 Å². The van der Waals surface area contributed by atoms with Gasteiger partial charge >= 0.3 is 6.61 Å². The molecule has 2 aromatic rings. The number of alkyl halides is 2. The Labute approximate surface area is 148 Å². The molecular formula is C16H17ClF2N2O2S. The van der Waals surface area contributed by atoms with Crippen molar-refractivity contribution in [3.05, 3.63) is 41.3 Å². The molecule has 0 aliphatic carbocycles. The van der Waals surface area contributed by atoms with Crippen LogP contribution >= 0.6 is 23.7 Å². The monoisotopic (exact) mass is 374 g/mol. The molecule has 3 rings (SSSR count).